The van der Waals surface area contributed by atoms with Crippen molar-refractivity contribution in [2.45, 2.75) is 277 Å². The number of carbonyl (C=O) groups is 3. The molecule has 0 aromatic carbocycles. The molecule has 0 fully saturated rings. The SMILES string of the molecule is CC/C=C\C/C=C\C/C=C\C/C=C\C/C=C\CCCCCCCCCC(=O)OCC(COC(=O)CCCCCCCCCCCCCC)OC(=O)CCCCCCCC/C=C\C/C=C\C/C=C\C/C=C\CC. The van der Waals surface area contributed by atoms with Crippen molar-refractivity contribution < 1.29 is 28.6 Å². The monoisotopic (exact) mass is 999 g/mol. The van der Waals surface area contributed by atoms with Crippen LogP contribution >= 0.6 is 0 Å². The molecule has 0 rings (SSSR count). The highest BCUT2D eigenvalue weighted by Gasteiger charge is 2.19. The highest BCUT2D eigenvalue weighted by molar-refractivity contribution is 5.71. The summed E-state index contributed by atoms with van der Waals surface area (Å²) in [5, 5.41) is 0. The molecule has 0 heterocycles. The molecule has 6 heteroatoms. The fourth-order valence-corrected chi connectivity index (χ4v) is 8.11. The number of esters is 3. The van der Waals surface area contributed by atoms with E-state index in [4.69, 9.17) is 14.2 Å². The van der Waals surface area contributed by atoms with Crippen molar-refractivity contribution in [3.8, 4) is 0 Å². The number of unbranched alkanes of at least 4 members (excludes halogenated alkanes) is 24. The molecule has 0 N–H and O–H groups in total. The Bertz CT molecular complexity index is 1470. The van der Waals surface area contributed by atoms with E-state index in [2.05, 4.69) is 130 Å². The standard InChI is InChI=1S/C66H110O6/c1-4-7-10-13-16-19-22-25-27-29-31-32-33-34-36-37-39-41-44-47-50-53-56-59-65(68)71-62-63(61-70-64(67)58-55-52-49-46-43-24-21-18-15-12-9-6-3)72-66(69)60-57-54-51-48-45-42-40-38-35-30-28-26-23-20-17-14-11-8-5-2/h7-8,10-11,16-17,19-20,25-28,31-32,34-36,38,63H,4-6,9,12-15,18,21-24,29-30,33,37,39-62H2,1-3H3/b10-7-,11-8-,19-16-,20-17-,27-25-,28-26-,32-31-,36-34-,38-35-. The third kappa shape index (κ3) is 57.0. The molecule has 0 spiro atoms. The summed E-state index contributed by atoms with van der Waals surface area (Å²) in [5.74, 6) is -0.909. The van der Waals surface area contributed by atoms with Crippen molar-refractivity contribution in [3.05, 3.63) is 109 Å². The van der Waals surface area contributed by atoms with Crippen LogP contribution < -0.4 is 0 Å². The first kappa shape index (κ1) is 68.1. The zero-order chi connectivity index (χ0) is 52.2. The average Bonchev–Trinajstić information content (AvgIpc) is 3.38. The van der Waals surface area contributed by atoms with Crippen molar-refractivity contribution in [2.75, 3.05) is 13.2 Å². The second-order valence-electron chi connectivity index (χ2n) is 19.5. The lowest BCUT2D eigenvalue weighted by atomic mass is 10.0. The third-order valence-corrected chi connectivity index (χ3v) is 12.5. The molecule has 6 nitrogen and oxygen atoms in total. The minimum absolute atomic E-state index is 0.0868. The molecular formula is C66H110O6. The first-order valence-corrected chi connectivity index (χ1v) is 29.9. The van der Waals surface area contributed by atoms with E-state index in [1.54, 1.807) is 0 Å². The molecule has 0 bridgehead atoms. The van der Waals surface area contributed by atoms with E-state index in [0.717, 1.165) is 135 Å². The number of ether oxygens (including phenoxy) is 3. The number of allylic oxidation sites excluding steroid dienone is 18. The summed E-state index contributed by atoms with van der Waals surface area (Å²) in [4.78, 5) is 38.2. The quantitative estimate of drug-likeness (QED) is 0.0261. The van der Waals surface area contributed by atoms with E-state index in [1.165, 1.54) is 96.3 Å². The lowest BCUT2D eigenvalue weighted by molar-refractivity contribution is -0.167. The van der Waals surface area contributed by atoms with E-state index in [1.807, 2.05) is 0 Å². The first-order chi connectivity index (χ1) is 35.5. The Labute approximate surface area is 444 Å². The molecule has 0 amide bonds. The summed E-state index contributed by atoms with van der Waals surface area (Å²) >= 11 is 0. The Balaban J connectivity index is 4.39. The molecule has 0 aromatic rings. The number of carbonyl (C=O) groups excluding carboxylic acids is 3. The Kier molecular flexibility index (Phi) is 56.4. The summed E-state index contributed by atoms with van der Waals surface area (Å²) in [6, 6.07) is 0. The zero-order valence-electron chi connectivity index (χ0n) is 46.9. The molecule has 1 atom stereocenters. The van der Waals surface area contributed by atoms with Gasteiger partial charge in [0.25, 0.3) is 0 Å². The highest BCUT2D eigenvalue weighted by Crippen LogP contribution is 2.15. The van der Waals surface area contributed by atoms with E-state index >= 15 is 0 Å². The van der Waals surface area contributed by atoms with Crippen LogP contribution in [0.15, 0.2) is 109 Å². The Morgan fingerprint density at radius 2 is 0.542 bits per heavy atom. The molecule has 0 aromatic heterocycles. The maximum absolute atomic E-state index is 12.9. The van der Waals surface area contributed by atoms with Gasteiger partial charge in [0.2, 0.25) is 0 Å². The molecule has 0 aliphatic rings. The maximum atomic E-state index is 12.9. The van der Waals surface area contributed by atoms with Gasteiger partial charge in [0.05, 0.1) is 0 Å². The molecule has 0 radical (unpaired) electrons. The van der Waals surface area contributed by atoms with Gasteiger partial charge in [-0.25, -0.2) is 0 Å². The van der Waals surface area contributed by atoms with Crippen LogP contribution in [-0.2, 0) is 28.6 Å². The van der Waals surface area contributed by atoms with E-state index in [-0.39, 0.29) is 31.1 Å². The van der Waals surface area contributed by atoms with Crippen molar-refractivity contribution >= 4 is 17.9 Å². The minimum Gasteiger partial charge on any atom is -0.462 e. The first-order valence-electron chi connectivity index (χ1n) is 29.9. The molecule has 1 unspecified atom stereocenters. The van der Waals surface area contributed by atoms with Gasteiger partial charge in [0.15, 0.2) is 6.10 Å². The fourth-order valence-electron chi connectivity index (χ4n) is 8.11. The van der Waals surface area contributed by atoms with Crippen molar-refractivity contribution in [1.82, 2.24) is 0 Å². The van der Waals surface area contributed by atoms with Gasteiger partial charge in [-0.2, -0.15) is 0 Å². The average molecular weight is 1000 g/mol. The van der Waals surface area contributed by atoms with E-state index in [0.29, 0.717) is 19.3 Å². The van der Waals surface area contributed by atoms with Crippen molar-refractivity contribution in [3.63, 3.8) is 0 Å². The number of rotatable bonds is 53. The predicted octanol–water partition coefficient (Wildman–Crippen LogP) is 20.3. The Morgan fingerprint density at radius 3 is 0.847 bits per heavy atom. The predicted molar refractivity (Wildman–Crippen MR) is 311 cm³/mol. The molecule has 72 heavy (non-hydrogen) atoms. The van der Waals surface area contributed by atoms with Crippen LogP contribution in [0.1, 0.15) is 271 Å². The summed E-state index contributed by atoms with van der Waals surface area (Å²) in [7, 11) is 0. The summed E-state index contributed by atoms with van der Waals surface area (Å²) in [6.45, 7) is 6.40. The van der Waals surface area contributed by atoms with Crippen LogP contribution in [0.3, 0.4) is 0 Å². The molecule has 0 aliphatic carbocycles. The normalized spacial score (nSPS) is 12.9. The highest BCUT2D eigenvalue weighted by atomic mass is 16.6. The lowest BCUT2D eigenvalue weighted by Crippen LogP contribution is -2.30. The van der Waals surface area contributed by atoms with Crippen LogP contribution in [0.5, 0.6) is 0 Å². The van der Waals surface area contributed by atoms with Crippen LogP contribution in [0.4, 0.5) is 0 Å². The van der Waals surface area contributed by atoms with Gasteiger partial charge in [0, 0.05) is 19.3 Å². The van der Waals surface area contributed by atoms with Crippen LogP contribution in [0.2, 0.25) is 0 Å². The molecule has 410 valence electrons. The number of hydrogen-bond acceptors (Lipinski definition) is 6. The summed E-state index contributed by atoms with van der Waals surface area (Å²) in [5.41, 5.74) is 0. The largest absolute Gasteiger partial charge is 0.462 e. The molecular weight excluding hydrogens is 889 g/mol. The van der Waals surface area contributed by atoms with Crippen LogP contribution in [0, 0.1) is 0 Å². The molecule has 0 aliphatic heterocycles. The Morgan fingerprint density at radius 1 is 0.292 bits per heavy atom. The second kappa shape index (κ2) is 59.6. The van der Waals surface area contributed by atoms with Crippen molar-refractivity contribution in [2.24, 2.45) is 0 Å². The van der Waals surface area contributed by atoms with Crippen molar-refractivity contribution in [1.29, 1.82) is 0 Å². The number of hydrogen-bond donors (Lipinski definition) is 0. The lowest BCUT2D eigenvalue weighted by Gasteiger charge is -2.18. The van der Waals surface area contributed by atoms with Gasteiger partial charge >= 0.3 is 17.9 Å². The topological polar surface area (TPSA) is 78.9 Å². The van der Waals surface area contributed by atoms with Gasteiger partial charge < -0.3 is 14.2 Å². The van der Waals surface area contributed by atoms with Gasteiger partial charge in [-0.3, -0.25) is 14.4 Å². The molecule has 0 saturated heterocycles. The summed E-state index contributed by atoms with van der Waals surface area (Å²) in [6.07, 6.45) is 80.8. The van der Waals surface area contributed by atoms with Gasteiger partial charge in [-0.15, -0.1) is 0 Å². The minimum atomic E-state index is -0.791. The van der Waals surface area contributed by atoms with Gasteiger partial charge in [-0.05, 0) is 103 Å². The smallest absolute Gasteiger partial charge is 0.306 e. The third-order valence-electron chi connectivity index (χ3n) is 12.5. The van der Waals surface area contributed by atoms with E-state index in [9.17, 15) is 14.4 Å². The van der Waals surface area contributed by atoms with Gasteiger partial charge in [0.1, 0.15) is 13.2 Å². The van der Waals surface area contributed by atoms with E-state index < -0.39 is 6.10 Å². The second-order valence-corrected chi connectivity index (χ2v) is 19.5. The van der Waals surface area contributed by atoms with Gasteiger partial charge in [-0.1, -0.05) is 259 Å². The van der Waals surface area contributed by atoms with Crippen LogP contribution in [-0.4, -0.2) is 37.2 Å². The summed E-state index contributed by atoms with van der Waals surface area (Å²) < 4.78 is 16.9. The Hall–Kier alpha value is -3.93. The zero-order valence-corrected chi connectivity index (χ0v) is 46.9. The molecule has 0 saturated carbocycles. The van der Waals surface area contributed by atoms with Crippen LogP contribution in [0.25, 0.3) is 0 Å². The maximum Gasteiger partial charge on any atom is 0.306 e. The fraction of sp³-hybridized carbons (Fsp3) is 0.682.